The number of hydrogen-bond donors (Lipinski definition) is 1. The van der Waals surface area contributed by atoms with Gasteiger partial charge in [0.2, 0.25) is 5.88 Å². The molecule has 26 heavy (non-hydrogen) atoms. The Morgan fingerprint density at radius 3 is 2.58 bits per heavy atom. The van der Waals surface area contributed by atoms with Crippen LogP contribution in [0.4, 0.5) is 5.13 Å². The molecule has 0 saturated heterocycles. The van der Waals surface area contributed by atoms with E-state index in [0.717, 1.165) is 15.8 Å². The number of thiazole rings is 1. The Balaban J connectivity index is 1.72. The zero-order chi connectivity index (χ0) is 18.1. The molecule has 130 valence electrons. The van der Waals surface area contributed by atoms with Crippen LogP contribution in [0.2, 0.25) is 0 Å². The summed E-state index contributed by atoms with van der Waals surface area (Å²) in [6.07, 6.45) is 0. The minimum Gasteiger partial charge on any atom is -0.476 e. The van der Waals surface area contributed by atoms with Crippen LogP contribution in [0.1, 0.15) is 23.0 Å². The average molecular weight is 364 g/mol. The smallest absolute Gasteiger partial charge is 0.281 e. The van der Waals surface area contributed by atoms with Gasteiger partial charge in [-0.05, 0) is 37.6 Å². The number of nitrogens with zero attached hydrogens (tertiary/aromatic N) is 3. The summed E-state index contributed by atoms with van der Waals surface area (Å²) in [7, 11) is 0. The number of carbonyl (C=O) groups is 1. The molecule has 4 aromatic rings. The van der Waals surface area contributed by atoms with Crippen molar-refractivity contribution in [3.63, 3.8) is 0 Å². The first-order chi connectivity index (χ1) is 12.7. The van der Waals surface area contributed by atoms with Crippen molar-refractivity contribution >= 4 is 43.6 Å². The van der Waals surface area contributed by atoms with Crippen LogP contribution in [0.25, 0.3) is 21.3 Å². The molecule has 0 aliphatic rings. The van der Waals surface area contributed by atoms with Crippen molar-refractivity contribution in [3.05, 3.63) is 53.7 Å². The van der Waals surface area contributed by atoms with Crippen molar-refractivity contribution in [2.24, 2.45) is 0 Å². The fourth-order valence-corrected chi connectivity index (χ4v) is 3.60. The normalized spacial score (nSPS) is 11.0. The van der Waals surface area contributed by atoms with Gasteiger partial charge in [0, 0.05) is 0 Å². The number of carbonyl (C=O) groups excluding carboxylic acids is 1. The summed E-state index contributed by atoms with van der Waals surface area (Å²) >= 11 is 1.43. The summed E-state index contributed by atoms with van der Waals surface area (Å²) in [5.41, 5.74) is 3.44. The molecule has 6 nitrogen and oxygen atoms in total. The molecule has 0 atom stereocenters. The Morgan fingerprint density at radius 1 is 1.08 bits per heavy atom. The zero-order valence-electron chi connectivity index (χ0n) is 14.3. The van der Waals surface area contributed by atoms with E-state index in [9.17, 15) is 4.79 Å². The maximum Gasteiger partial charge on any atom is 0.281 e. The third kappa shape index (κ3) is 2.97. The number of aromatic nitrogens is 3. The van der Waals surface area contributed by atoms with E-state index >= 15 is 0 Å². The van der Waals surface area contributed by atoms with Gasteiger partial charge >= 0.3 is 0 Å². The highest BCUT2D eigenvalue weighted by Crippen LogP contribution is 2.29. The second kappa shape index (κ2) is 6.68. The van der Waals surface area contributed by atoms with E-state index in [1.54, 1.807) is 0 Å². The number of nitrogens with one attached hydrogen (secondary N) is 1. The van der Waals surface area contributed by atoms with Gasteiger partial charge in [0.15, 0.2) is 10.8 Å². The Morgan fingerprint density at radius 2 is 1.85 bits per heavy atom. The van der Waals surface area contributed by atoms with Crippen molar-refractivity contribution in [1.29, 1.82) is 0 Å². The third-order valence-electron chi connectivity index (χ3n) is 3.88. The Kier molecular flexibility index (Phi) is 4.22. The Hall–Kier alpha value is -3.06. The minimum atomic E-state index is -0.386. The molecular weight excluding hydrogens is 348 g/mol. The van der Waals surface area contributed by atoms with Crippen molar-refractivity contribution < 1.29 is 9.53 Å². The molecule has 2 aromatic heterocycles. The maximum atomic E-state index is 12.8. The minimum absolute atomic E-state index is 0.154. The quantitative estimate of drug-likeness (QED) is 0.587. The van der Waals surface area contributed by atoms with Gasteiger partial charge in [-0.15, -0.1) is 0 Å². The highest BCUT2D eigenvalue weighted by atomic mass is 32.1. The van der Waals surface area contributed by atoms with Crippen LogP contribution in [0, 0.1) is 6.92 Å². The lowest BCUT2D eigenvalue weighted by molar-refractivity contribution is 0.101. The number of rotatable bonds is 4. The van der Waals surface area contributed by atoms with Crippen LogP contribution < -0.4 is 10.1 Å². The first kappa shape index (κ1) is 16.4. The number of para-hydroxylation sites is 3. The number of anilines is 1. The van der Waals surface area contributed by atoms with E-state index in [1.165, 1.54) is 11.3 Å². The maximum absolute atomic E-state index is 12.8. The lowest BCUT2D eigenvalue weighted by Crippen LogP contribution is -2.16. The number of amides is 1. The first-order valence-corrected chi connectivity index (χ1v) is 9.04. The Bertz CT molecular complexity index is 1120. The molecule has 2 aromatic carbocycles. The monoisotopic (exact) mass is 364 g/mol. The van der Waals surface area contributed by atoms with Crippen LogP contribution in [-0.2, 0) is 0 Å². The van der Waals surface area contributed by atoms with Crippen molar-refractivity contribution in [2.75, 3.05) is 11.9 Å². The summed E-state index contributed by atoms with van der Waals surface area (Å²) in [4.78, 5) is 26.2. The first-order valence-electron chi connectivity index (χ1n) is 8.23. The fraction of sp³-hybridized carbons (Fsp3) is 0.158. The highest BCUT2D eigenvalue weighted by Gasteiger charge is 2.19. The topological polar surface area (TPSA) is 77.0 Å². The van der Waals surface area contributed by atoms with Crippen LogP contribution in [0.5, 0.6) is 5.88 Å². The molecule has 0 saturated carbocycles. The average Bonchev–Trinajstić information content (AvgIpc) is 3.05. The number of ether oxygens (including phenoxy) is 1. The standard InChI is InChI=1S/C19H16N4O2S/c1-3-25-18-16(20-12-8-4-5-9-13(12)21-18)17(24)23-19-22-15-11(2)7-6-10-14(15)26-19/h4-10H,3H2,1-2H3,(H,22,23,24). The van der Waals surface area contributed by atoms with E-state index in [1.807, 2.05) is 56.3 Å². The van der Waals surface area contributed by atoms with E-state index in [0.29, 0.717) is 22.8 Å². The molecule has 2 heterocycles. The predicted octanol–water partition coefficient (Wildman–Crippen LogP) is 4.20. The SMILES string of the molecule is CCOc1nc2ccccc2nc1C(=O)Nc1nc2c(C)cccc2s1. The van der Waals surface area contributed by atoms with Gasteiger partial charge in [-0.3, -0.25) is 10.1 Å². The lowest BCUT2D eigenvalue weighted by atomic mass is 10.2. The van der Waals surface area contributed by atoms with Crippen LogP contribution in [0.3, 0.4) is 0 Å². The number of aryl methyl sites for hydroxylation is 1. The molecule has 4 rings (SSSR count). The van der Waals surface area contributed by atoms with E-state index in [-0.39, 0.29) is 17.5 Å². The number of benzene rings is 2. The van der Waals surface area contributed by atoms with Crippen molar-refractivity contribution in [3.8, 4) is 5.88 Å². The van der Waals surface area contributed by atoms with Crippen LogP contribution >= 0.6 is 11.3 Å². The fourth-order valence-electron chi connectivity index (χ4n) is 2.67. The van der Waals surface area contributed by atoms with Gasteiger partial charge in [-0.25, -0.2) is 15.0 Å². The summed E-state index contributed by atoms with van der Waals surface area (Å²) in [6.45, 7) is 4.23. The molecule has 0 spiro atoms. The molecule has 0 radical (unpaired) electrons. The summed E-state index contributed by atoms with van der Waals surface area (Å²) in [5, 5.41) is 3.35. The van der Waals surface area contributed by atoms with E-state index in [4.69, 9.17) is 4.74 Å². The van der Waals surface area contributed by atoms with Crippen molar-refractivity contribution in [1.82, 2.24) is 15.0 Å². The summed E-state index contributed by atoms with van der Waals surface area (Å²) < 4.78 is 6.55. The molecule has 0 fully saturated rings. The van der Waals surface area contributed by atoms with Gasteiger partial charge < -0.3 is 4.74 Å². The number of hydrogen-bond acceptors (Lipinski definition) is 6. The van der Waals surface area contributed by atoms with Gasteiger partial charge in [0.1, 0.15) is 0 Å². The highest BCUT2D eigenvalue weighted by molar-refractivity contribution is 7.22. The lowest BCUT2D eigenvalue weighted by Gasteiger charge is -2.09. The van der Waals surface area contributed by atoms with E-state index < -0.39 is 0 Å². The largest absolute Gasteiger partial charge is 0.476 e. The zero-order valence-corrected chi connectivity index (χ0v) is 15.1. The van der Waals surface area contributed by atoms with Gasteiger partial charge in [0.05, 0.1) is 27.9 Å². The van der Waals surface area contributed by atoms with Gasteiger partial charge in [-0.2, -0.15) is 0 Å². The van der Waals surface area contributed by atoms with Crippen molar-refractivity contribution in [2.45, 2.75) is 13.8 Å². The van der Waals surface area contributed by atoms with Gasteiger partial charge in [-0.1, -0.05) is 35.6 Å². The molecule has 0 aliphatic carbocycles. The second-order valence-corrected chi connectivity index (χ2v) is 6.72. The predicted molar refractivity (Wildman–Crippen MR) is 103 cm³/mol. The second-order valence-electron chi connectivity index (χ2n) is 5.69. The molecule has 0 bridgehead atoms. The molecule has 7 heteroatoms. The molecule has 1 N–H and O–H groups in total. The molecule has 0 unspecified atom stereocenters. The molecular formula is C19H16N4O2S. The van der Waals surface area contributed by atoms with E-state index in [2.05, 4.69) is 20.3 Å². The molecule has 0 aliphatic heterocycles. The van der Waals surface area contributed by atoms with Gasteiger partial charge in [0.25, 0.3) is 5.91 Å². The van der Waals surface area contributed by atoms with Crippen LogP contribution in [-0.4, -0.2) is 27.5 Å². The summed E-state index contributed by atoms with van der Waals surface area (Å²) in [6, 6.07) is 13.3. The Labute approximate surface area is 153 Å². The molecule has 1 amide bonds. The number of fused-ring (bicyclic) bond motifs is 2. The van der Waals surface area contributed by atoms with Crippen LogP contribution in [0.15, 0.2) is 42.5 Å². The summed E-state index contributed by atoms with van der Waals surface area (Å²) in [5.74, 6) is -0.163. The third-order valence-corrected chi connectivity index (χ3v) is 4.81.